The van der Waals surface area contributed by atoms with E-state index in [-0.39, 0.29) is 5.97 Å². The van der Waals surface area contributed by atoms with E-state index >= 15 is 0 Å². The number of carbonyl (C=O) groups is 1. The maximum absolute atomic E-state index is 11.8. The molecule has 0 saturated heterocycles. The largest absolute Gasteiger partial charge is 0.463 e. The van der Waals surface area contributed by atoms with Gasteiger partial charge in [-0.1, -0.05) is 168 Å². The first-order chi connectivity index (χ1) is 19.3. The molecule has 0 unspecified atom stereocenters. The predicted octanol–water partition coefficient (Wildman–Crippen LogP) is 11.1. The van der Waals surface area contributed by atoms with Crippen molar-refractivity contribution in [3.05, 3.63) is 0 Å². The Balaban J connectivity index is 3.13. The Hall–Kier alpha value is -0.610. The molecule has 234 valence electrons. The Morgan fingerprint density at radius 1 is 0.359 bits per heavy atom. The molecule has 0 aromatic rings. The molecular formula is C35H70O4. The second-order valence-corrected chi connectivity index (χ2v) is 11.7. The average Bonchev–Trinajstić information content (AvgIpc) is 2.94. The summed E-state index contributed by atoms with van der Waals surface area (Å²) in [5.74, 6) is -0.0830. The molecule has 0 bridgehead atoms. The second kappa shape index (κ2) is 35.4. The third-order valence-corrected chi connectivity index (χ3v) is 7.74. The lowest BCUT2D eigenvalue weighted by Crippen LogP contribution is -2.13. The van der Waals surface area contributed by atoms with Crippen molar-refractivity contribution in [3.8, 4) is 0 Å². The molecule has 0 saturated carbocycles. The molecule has 0 heterocycles. The highest BCUT2D eigenvalue weighted by Gasteiger charge is 2.03. The number of hydrogen-bond acceptors (Lipinski definition) is 4. The molecule has 0 radical (unpaired) electrons. The van der Waals surface area contributed by atoms with Crippen LogP contribution in [-0.4, -0.2) is 39.0 Å². The highest BCUT2D eigenvalue weighted by molar-refractivity contribution is 5.69. The van der Waals surface area contributed by atoms with Crippen molar-refractivity contribution in [1.29, 1.82) is 0 Å². The highest BCUT2D eigenvalue weighted by Crippen LogP contribution is 2.14. The Bertz CT molecular complexity index is 454. The highest BCUT2D eigenvalue weighted by atomic mass is 16.6. The topological polar surface area (TPSA) is 44.8 Å². The van der Waals surface area contributed by atoms with Gasteiger partial charge in [0.15, 0.2) is 0 Å². The lowest BCUT2D eigenvalue weighted by atomic mass is 10.0. The molecule has 0 atom stereocenters. The van der Waals surface area contributed by atoms with Gasteiger partial charge in [-0.25, -0.2) is 0 Å². The monoisotopic (exact) mass is 555 g/mol. The van der Waals surface area contributed by atoms with Crippen molar-refractivity contribution >= 4 is 5.97 Å². The van der Waals surface area contributed by atoms with Crippen molar-refractivity contribution in [2.45, 2.75) is 187 Å². The molecule has 0 aromatic carbocycles. The van der Waals surface area contributed by atoms with Crippen molar-refractivity contribution in [2.24, 2.45) is 0 Å². The van der Waals surface area contributed by atoms with E-state index < -0.39 is 0 Å². The number of unbranched alkanes of at least 4 members (excludes halogenated alkanes) is 24. The fourth-order valence-electron chi connectivity index (χ4n) is 5.12. The van der Waals surface area contributed by atoms with Gasteiger partial charge < -0.3 is 14.2 Å². The first-order valence-corrected chi connectivity index (χ1v) is 17.6. The SMILES string of the molecule is CCCCCCCCCCCCCCCOCCOCCOC(=O)CCCCCCCCCCCCCCC. The van der Waals surface area contributed by atoms with E-state index in [2.05, 4.69) is 13.8 Å². The van der Waals surface area contributed by atoms with Crippen LogP contribution in [0.15, 0.2) is 0 Å². The number of ether oxygens (including phenoxy) is 3. The third kappa shape index (κ3) is 35.4. The third-order valence-electron chi connectivity index (χ3n) is 7.74. The van der Waals surface area contributed by atoms with Gasteiger partial charge >= 0.3 is 5.97 Å². The van der Waals surface area contributed by atoms with Crippen LogP contribution in [0.5, 0.6) is 0 Å². The minimum absolute atomic E-state index is 0.0830. The zero-order valence-electron chi connectivity index (χ0n) is 26.8. The molecule has 0 N–H and O–H groups in total. The van der Waals surface area contributed by atoms with Gasteiger partial charge in [0.2, 0.25) is 0 Å². The van der Waals surface area contributed by atoms with Crippen LogP contribution in [0, 0.1) is 0 Å². The Morgan fingerprint density at radius 2 is 0.667 bits per heavy atom. The molecule has 0 amide bonds. The minimum atomic E-state index is -0.0830. The molecule has 39 heavy (non-hydrogen) atoms. The summed E-state index contributed by atoms with van der Waals surface area (Å²) in [7, 11) is 0. The maximum Gasteiger partial charge on any atom is 0.305 e. The summed E-state index contributed by atoms with van der Waals surface area (Å²) in [4.78, 5) is 11.8. The Morgan fingerprint density at radius 3 is 1.08 bits per heavy atom. The second-order valence-electron chi connectivity index (χ2n) is 11.7. The van der Waals surface area contributed by atoms with Crippen LogP contribution in [0.25, 0.3) is 0 Å². The molecule has 4 heteroatoms. The molecule has 0 aliphatic heterocycles. The van der Waals surface area contributed by atoms with Crippen LogP contribution < -0.4 is 0 Å². The van der Waals surface area contributed by atoms with Gasteiger partial charge in [0.25, 0.3) is 0 Å². The molecular weight excluding hydrogens is 484 g/mol. The van der Waals surface area contributed by atoms with Crippen LogP contribution in [0.2, 0.25) is 0 Å². The van der Waals surface area contributed by atoms with Crippen LogP contribution >= 0.6 is 0 Å². The zero-order chi connectivity index (χ0) is 28.3. The van der Waals surface area contributed by atoms with Gasteiger partial charge in [0, 0.05) is 13.0 Å². The fraction of sp³-hybridized carbons (Fsp3) is 0.971. The van der Waals surface area contributed by atoms with Crippen molar-refractivity contribution in [1.82, 2.24) is 0 Å². The van der Waals surface area contributed by atoms with E-state index in [9.17, 15) is 4.79 Å². The predicted molar refractivity (Wildman–Crippen MR) is 169 cm³/mol. The molecule has 0 aromatic heterocycles. The average molecular weight is 555 g/mol. The van der Waals surface area contributed by atoms with E-state index in [0.717, 1.165) is 25.9 Å². The van der Waals surface area contributed by atoms with Crippen molar-refractivity contribution in [2.75, 3.05) is 33.0 Å². The molecule has 0 aliphatic carbocycles. The molecule has 0 aliphatic rings. The summed E-state index contributed by atoms with van der Waals surface area (Å²) >= 11 is 0. The Labute approximate surface area is 245 Å². The Kier molecular flexibility index (Phi) is 34.9. The standard InChI is InChI=1S/C35H70O4/c1-3-5-7-9-11-13-15-17-19-21-23-25-27-29-35(36)39-34-33-38-32-31-37-30-28-26-24-22-20-18-16-14-12-10-8-6-4-2/h3-34H2,1-2H3. The van der Waals surface area contributed by atoms with Gasteiger partial charge in [-0.15, -0.1) is 0 Å². The summed E-state index contributed by atoms with van der Waals surface area (Å²) in [5.41, 5.74) is 0. The van der Waals surface area contributed by atoms with Crippen molar-refractivity contribution < 1.29 is 19.0 Å². The molecule has 0 fully saturated rings. The van der Waals surface area contributed by atoms with E-state index in [1.54, 1.807) is 0 Å². The van der Waals surface area contributed by atoms with Gasteiger partial charge in [-0.3, -0.25) is 4.79 Å². The summed E-state index contributed by atoms with van der Waals surface area (Å²) in [5, 5.41) is 0. The minimum Gasteiger partial charge on any atom is -0.463 e. The number of hydrogen-bond donors (Lipinski definition) is 0. The quantitative estimate of drug-likeness (QED) is 0.0586. The van der Waals surface area contributed by atoms with Gasteiger partial charge in [0.1, 0.15) is 6.61 Å². The zero-order valence-corrected chi connectivity index (χ0v) is 26.8. The molecule has 0 spiro atoms. The van der Waals surface area contributed by atoms with Crippen LogP contribution in [0.3, 0.4) is 0 Å². The smallest absolute Gasteiger partial charge is 0.305 e. The first-order valence-electron chi connectivity index (χ1n) is 17.6. The first kappa shape index (κ1) is 38.4. The van der Waals surface area contributed by atoms with Crippen LogP contribution in [0.1, 0.15) is 187 Å². The summed E-state index contributed by atoms with van der Waals surface area (Å²) in [6.07, 6.45) is 35.5. The van der Waals surface area contributed by atoms with Crippen molar-refractivity contribution in [3.63, 3.8) is 0 Å². The van der Waals surface area contributed by atoms with Gasteiger partial charge in [0.05, 0.1) is 19.8 Å². The summed E-state index contributed by atoms with van der Waals surface area (Å²) < 4.78 is 16.5. The number of rotatable bonds is 34. The van der Waals surface area contributed by atoms with E-state index in [1.807, 2.05) is 0 Å². The van der Waals surface area contributed by atoms with E-state index in [0.29, 0.717) is 32.8 Å². The van der Waals surface area contributed by atoms with E-state index in [4.69, 9.17) is 14.2 Å². The van der Waals surface area contributed by atoms with E-state index in [1.165, 1.54) is 148 Å². The lowest BCUT2D eigenvalue weighted by Gasteiger charge is -2.07. The van der Waals surface area contributed by atoms with Crippen LogP contribution in [0.4, 0.5) is 0 Å². The normalized spacial score (nSPS) is 11.3. The van der Waals surface area contributed by atoms with Gasteiger partial charge in [-0.05, 0) is 12.8 Å². The summed E-state index contributed by atoms with van der Waals surface area (Å²) in [6.45, 7) is 7.42. The maximum atomic E-state index is 11.8. The molecule has 4 nitrogen and oxygen atoms in total. The number of esters is 1. The number of carbonyl (C=O) groups excluding carboxylic acids is 1. The van der Waals surface area contributed by atoms with Crippen LogP contribution in [-0.2, 0) is 19.0 Å². The lowest BCUT2D eigenvalue weighted by molar-refractivity contribution is -0.145. The summed E-state index contributed by atoms with van der Waals surface area (Å²) in [6, 6.07) is 0. The van der Waals surface area contributed by atoms with Gasteiger partial charge in [-0.2, -0.15) is 0 Å². The molecule has 0 rings (SSSR count). The fourth-order valence-corrected chi connectivity index (χ4v) is 5.12.